The average molecular weight is 466 g/mol. The van der Waals surface area contributed by atoms with Crippen molar-refractivity contribution in [3.63, 3.8) is 0 Å². The van der Waals surface area contributed by atoms with Gasteiger partial charge in [0.05, 0.1) is 12.8 Å². The number of rotatable bonds is 7. The van der Waals surface area contributed by atoms with Gasteiger partial charge in [-0.1, -0.05) is 17.3 Å². The third-order valence-corrected chi connectivity index (χ3v) is 4.89. The maximum absolute atomic E-state index is 13.3. The van der Waals surface area contributed by atoms with E-state index in [4.69, 9.17) is 9.26 Å². The summed E-state index contributed by atoms with van der Waals surface area (Å²) in [6.07, 6.45) is 0. The van der Waals surface area contributed by atoms with E-state index in [2.05, 4.69) is 20.6 Å². The zero-order valence-corrected chi connectivity index (χ0v) is 18.2. The Hall–Kier alpha value is -4.61. The Balaban J connectivity index is 1.62. The number of hydrogen-bond acceptors (Lipinski definition) is 8. The van der Waals surface area contributed by atoms with Gasteiger partial charge in [-0.2, -0.15) is 14.8 Å². The van der Waals surface area contributed by atoms with E-state index >= 15 is 0 Å². The fourth-order valence-electron chi connectivity index (χ4n) is 3.10. The molecule has 174 valence electrons. The number of carbonyl (C=O) groups is 1. The molecule has 0 aliphatic carbocycles. The molecule has 2 aromatic heterocycles. The molecular formula is C22H19FN6O5. The highest BCUT2D eigenvalue weighted by Crippen LogP contribution is 2.13. The molecule has 0 saturated heterocycles. The molecule has 12 heteroatoms. The highest BCUT2D eigenvalue weighted by molar-refractivity contribution is 5.89. The molecule has 1 amide bonds. The summed E-state index contributed by atoms with van der Waals surface area (Å²) in [5.74, 6) is -1.12. The predicted molar refractivity (Wildman–Crippen MR) is 117 cm³/mol. The molecule has 1 N–H and O–H groups in total. The molecule has 4 rings (SSSR count). The molecule has 0 unspecified atom stereocenters. The summed E-state index contributed by atoms with van der Waals surface area (Å²) in [6.45, 7) is 1.84. The van der Waals surface area contributed by atoms with Crippen LogP contribution in [0.3, 0.4) is 0 Å². The normalized spacial score (nSPS) is 10.8. The molecule has 0 spiro atoms. The minimum Gasteiger partial charge on any atom is -0.497 e. The largest absolute Gasteiger partial charge is 0.497 e. The lowest BCUT2D eigenvalue weighted by molar-refractivity contribution is 0.0907. The van der Waals surface area contributed by atoms with Gasteiger partial charge in [0.2, 0.25) is 5.82 Å². The van der Waals surface area contributed by atoms with Crippen LogP contribution in [-0.4, -0.2) is 37.5 Å². The number of carbonyl (C=O) groups excluding carboxylic acids is 1. The zero-order valence-electron chi connectivity index (χ0n) is 18.2. The average Bonchev–Trinajstić information content (AvgIpc) is 3.34. The molecule has 2 aromatic carbocycles. The van der Waals surface area contributed by atoms with Crippen molar-refractivity contribution < 1.29 is 18.4 Å². The first kappa shape index (κ1) is 22.6. The van der Waals surface area contributed by atoms with E-state index in [1.54, 1.807) is 38.3 Å². The van der Waals surface area contributed by atoms with E-state index in [1.807, 2.05) is 0 Å². The Bertz CT molecular complexity index is 1440. The quantitative estimate of drug-likeness (QED) is 0.434. The van der Waals surface area contributed by atoms with Crippen LogP contribution >= 0.6 is 0 Å². The lowest BCUT2D eigenvalue weighted by Crippen LogP contribution is -2.41. The summed E-state index contributed by atoms with van der Waals surface area (Å²) in [6, 6.07) is 12.1. The molecule has 0 saturated carbocycles. The Morgan fingerprint density at radius 2 is 1.82 bits per heavy atom. The van der Waals surface area contributed by atoms with E-state index < -0.39 is 23.0 Å². The summed E-state index contributed by atoms with van der Waals surface area (Å²) < 4.78 is 25.3. The van der Waals surface area contributed by atoms with Crippen molar-refractivity contribution in [1.29, 1.82) is 0 Å². The molecule has 4 aromatic rings. The van der Waals surface area contributed by atoms with Crippen LogP contribution in [0.1, 0.15) is 23.2 Å². The van der Waals surface area contributed by atoms with Crippen molar-refractivity contribution >= 4 is 5.91 Å². The first-order chi connectivity index (χ1) is 16.4. The Kier molecular flexibility index (Phi) is 6.30. The first-order valence-electron chi connectivity index (χ1n) is 10.2. The molecule has 0 radical (unpaired) electrons. The van der Waals surface area contributed by atoms with E-state index in [9.17, 15) is 18.8 Å². The molecule has 0 fully saturated rings. The highest BCUT2D eigenvalue weighted by Gasteiger charge is 2.22. The standard InChI is InChI=1S/C22H19FN6O5/c1-3-28-21(31)17(26-29(22(28)32)15-8-6-14(23)7-9-15)18-25-20(34-27-18)19(30)24-12-13-4-10-16(33-2)11-5-13/h4-11H,3,12H2,1-2H3,(H,24,30). The van der Waals surface area contributed by atoms with Crippen LogP contribution in [0, 0.1) is 5.82 Å². The molecule has 0 atom stereocenters. The smallest absolute Gasteiger partial charge is 0.352 e. The van der Waals surface area contributed by atoms with Gasteiger partial charge in [-0.3, -0.25) is 14.2 Å². The molecule has 0 aliphatic heterocycles. The summed E-state index contributed by atoms with van der Waals surface area (Å²) in [5, 5.41) is 10.4. The van der Waals surface area contributed by atoms with Gasteiger partial charge in [0.25, 0.3) is 5.56 Å². The number of nitrogens with one attached hydrogen (secondary N) is 1. The van der Waals surface area contributed by atoms with E-state index in [-0.39, 0.29) is 36.2 Å². The second-order valence-corrected chi connectivity index (χ2v) is 7.02. The summed E-state index contributed by atoms with van der Waals surface area (Å²) in [7, 11) is 1.56. The van der Waals surface area contributed by atoms with Crippen LogP contribution < -0.4 is 21.3 Å². The van der Waals surface area contributed by atoms with Gasteiger partial charge in [-0.05, 0) is 48.9 Å². The molecular weight excluding hydrogens is 447 g/mol. The minimum absolute atomic E-state index is 0.0431. The summed E-state index contributed by atoms with van der Waals surface area (Å²) in [5.41, 5.74) is -0.729. The molecule has 0 bridgehead atoms. The molecule has 0 aliphatic rings. The van der Waals surface area contributed by atoms with E-state index in [1.165, 1.54) is 12.1 Å². The second-order valence-electron chi connectivity index (χ2n) is 7.02. The summed E-state index contributed by atoms with van der Waals surface area (Å²) in [4.78, 5) is 41.9. The molecule has 34 heavy (non-hydrogen) atoms. The van der Waals surface area contributed by atoms with Crippen molar-refractivity contribution in [2.75, 3.05) is 7.11 Å². The third-order valence-electron chi connectivity index (χ3n) is 4.89. The monoisotopic (exact) mass is 466 g/mol. The zero-order chi connectivity index (χ0) is 24.2. The first-order valence-corrected chi connectivity index (χ1v) is 10.2. The Morgan fingerprint density at radius 1 is 1.12 bits per heavy atom. The maximum Gasteiger partial charge on any atom is 0.352 e. The number of benzene rings is 2. The lowest BCUT2D eigenvalue weighted by Gasteiger charge is -2.09. The number of nitrogens with zero attached hydrogens (tertiary/aromatic N) is 5. The van der Waals surface area contributed by atoms with Crippen LogP contribution in [0.25, 0.3) is 17.2 Å². The fraction of sp³-hybridized carbons (Fsp3) is 0.182. The number of halogens is 1. The van der Waals surface area contributed by atoms with Crippen LogP contribution in [-0.2, 0) is 13.1 Å². The van der Waals surface area contributed by atoms with Crippen LogP contribution in [0.4, 0.5) is 4.39 Å². The van der Waals surface area contributed by atoms with Gasteiger partial charge in [0.15, 0.2) is 5.69 Å². The van der Waals surface area contributed by atoms with Crippen LogP contribution in [0.15, 0.2) is 62.6 Å². The van der Waals surface area contributed by atoms with Gasteiger partial charge in [-0.15, -0.1) is 0 Å². The minimum atomic E-state index is -0.753. The molecule has 11 nitrogen and oxygen atoms in total. The number of aromatic nitrogens is 5. The fourth-order valence-corrected chi connectivity index (χ4v) is 3.10. The highest BCUT2D eigenvalue weighted by atomic mass is 19.1. The van der Waals surface area contributed by atoms with Gasteiger partial charge in [0, 0.05) is 13.1 Å². The van der Waals surface area contributed by atoms with Crippen molar-refractivity contribution in [1.82, 2.24) is 29.8 Å². The van der Waals surface area contributed by atoms with Gasteiger partial charge in [0.1, 0.15) is 11.6 Å². The number of methoxy groups -OCH3 is 1. The van der Waals surface area contributed by atoms with E-state index in [0.29, 0.717) is 5.75 Å². The van der Waals surface area contributed by atoms with Crippen LogP contribution in [0.2, 0.25) is 0 Å². The van der Waals surface area contributed by atoms with Crippen molar-refractivity contribution in [3.8, 4) is 23.0 Å². The summed E-state index contributed by atoms with van der Waals surface area (Å²) >= 11 is 0. The Labute approximate surface area is 191 Å². The van der Waals surface area contributed by atoms with E-state index in [0.717, 1.165) is 26.9 Å². The van der Waals surface area contributed by atoms with Crippen LogP contribution in [0.5, 0.6) is 5.75 Å². The van der Waals surface area contributed by atoms with Gasteiger partial charge in [-0.25, -0.2) is 9.18 Å². The topological polar surface area (TPSA) is 134 Å². The van der Waals surface area contributed by atoms with Crippen molar-refractivity contribution in [2.24, 2.45) is 0 Å². The number of amides is 1. The van der Waals surface area contributed by atoms with Gasteiger partial charge < -0.3 is 14.6 Å². The number of ether oxygens (including phenoxy) is 1. The molecule has 2 heterocycles. The SMILES string of the molecule is CCn1c(=O)c(-c2noc(C(=O)NCc3ccc(OC)cc3)n2)nn(-c2ccc(F)cc2)c1=O. The van der Waals surface area contributed by atoms with Crippen molar-refractivity contribution in [2.45, 2.75) is 20.0 Å². The van der Waals surface area contributed by atoms with Crippen molar-refractivity contribution in [3.05, 3.63) is 86.6 Å². The van der Waals surface area contributed by atoms with Gasteiger partial charge >= 0.3 is 17.5 Å². The lowest BCUT2D eigenvalue weighted by atomic mass is 10.2. The predicted octanol–water partition coefficient (Wildman–Crippen LogP) is 1.54. The number of hydrogen-bond donors (Lipinski definition) is 1. The second kappa shape index (κ2) is 9.48. The Morgan fingerprint density at radius 3 is 2.47 bits per heavy atom. The maximum atomic E-state index is 13.3. The third kappa shape index (κ3) is 4.46.